The van der Waals surface area contributed by atoms with Crippen molar-refractivity contribution in [1.29, 1.82) is 0 Å². The average Bonchev–Trinajstić information content (AvgIpc) is 2.19. The van der Waals surface area contributed by atoms with E-state index in [2.05, 4.69) is 26.2 Å². The molecule has 2 amide bonds. The minimum absolute atomic E-state index is 0.288. The standard InChI is InChI=1S/C10H12BrN3O2/c1-6(15)14-8(10(12)16)5-7-3-2-4-13-9(7)11/h2-4,8H,5H2,1H3,(H2,12,16)(H,14,15)/t8-/m1/s1. The summed E-state index contributed by atoms with van der Waals surface area (Å²) in [5.41, 5.74) is 6.01. The molecule has 1 heterocycles. The van der Waals surface area contributed by atoms with Crippen LogP contribution in [0.15, 0.2) is 22.9 Å². The smallest absolute Gasteiger partial charge is 0.240 e. The zero-order valence-corrected chi connectivity index (χ0v) is 10.3. The Labute approximate surface area is 102 Å². The van der Waals surface area contributed by atoms with Gasteiger partial charge in [-0.15, -0.1) is 0 Å². The van der Waals surface area contributed by atoms with Crippen molar-refractivity contribution in [3.63, 3.8) is 0 Å². The van der Waals surface area contributed by atoms with Crippen LogP contribution in [0.4, 0.5) is 0 Å². The molecule has 5 nitrogen and oxygen atoms in total. The Balaban J connectivity index is 2.80. The van der Waals surface area contributed by atoms with Crippen molar-refractivity contribution < 1.29 is 9.59 Å². The van der Waals surface area contributed by atoms with E-state index >= 15 is 0 Å². The molecule has 0 saturated carbocycles. The average molecular weight is 286 g/mol. The van der Waals surface area contributed by atoms with E-state index in [9.17, 15) is 9.59 Å². The fourth-order valence-electron chi connectivity index (χ4n) is 1.26. The van der Waals surface area contributed by atoms with E-state index in [0.717, 1.165) is 5.56 Å². The van der Waals surface area contributed by atoms with E-state index < -0.39 is 11.9 Å². The highest BCUT2D eigenvalue weighted by Crippen LogP contribution is 2.14. The van der Waals surface area contributed by atoms with Crippen molar-refractivity contribution in [3.05, 3.63) is 28.5 Å². The van der Waals surface area contributed by atoms with Crippen molar-refractivity contribution in [2.24, 2.45) is 5.73 Å². The molecular formula is C10H12BrN3O2. The molecular weight excluding hydrogens is 274 g/mol. The topological polar surface area (TPSA) is 85.1 Å². The Hall–Kier alpha value is -1.43. The lowest BCUT2D eigenvalue weighted by atomic mass is 10.1. The lowest BCUT2D eigenvalue weighted by molar-refractivity contribution is -0.126. The van der Waals surface area contributed by atoms with Crippen LogP contribution in [0.2, 0.25) is 0 Å². The van der Waals surface area contributed by atoms with Crippen molar-refractivity contribution in [2.75, 3.05) is 0 Å². The van der Waals surface area contributed by atoms with Crippen LogP contribution < -0.4 is 11.1 Å². The number of amides is 2. The van der Waals surface area contributed by atoms with Gasteiger partial charge in [0.15, 0.2) is 0 Å². The lowest BCUT2D eigenvalue weighted by Gasteiger charge is -2.14. The lowest BCUT2D eigenvalue weighted by Crippen LogP contribution is -2.45. The molecule has 0 fully saturated rings. The number of halogens is 1. The SMILES string of the molecule is CC(=O)N[C@H](Cc1cccnc1Br)C(N)=O. The van der Waals surface area contributed by atoms with E-state index in [1.54, 1.807) is 12.3 Å². The third kappa shape index (κ3) is 3.62. The first-order chi connectivity index (χ1) is 7.50. The first-order valence-corrected chi connectivity index (χ1v) is 5.46. The molecule has 6 heteroatoms. The highest BCUT2D eigenvalue weighted by atomic mass is 79.9. The van der Waals surface area contributed by atoms with Gasteiger partial charge < -0.3 is 11.1 Å². The molecule has 1 aromatic rings. The summed E-state index contributed by atoms with van der Waals surface area (Å²) in [6.45, 7) is 1.34. The van der Waals surface area contributed by atoms with Crippen LogP contribution in [0.25, 0.3) is 0 Å². The Morgan fingerprint density at radius 3 is 2.81 bits per heavy atom. The number of carbonyl (C=O) groups excluding carboxylic acids is 2. The predicted octanol–water partition coefficient (Wildman–Crippen LogP) is 0.377. The second kappa shape index (κ2) is 5.60. The monoisotopic (exact) mass is 285 g/mol. The van der Waals surface area contributed by atoms with Gasteiger partial charge in [0.05, 0.1) is 0 Å². The van der Waals surface area contributed by atoms with Gasteiger partial charge in [-0.05, 0) is 27.6 Å². The minimum atomic E-state index is -0.710. The molecule has 3 N–H and O–H groups in total. The molecule has 0 aliphatic rings. The number of hydrogen-bond donors (Lipinski definition) is 2. The molecule has 1 aromatic heterocycles. The van der Waals surface area contributed by atoms with Gasteiger partial charge >= 0.3 is 0 Å². The minimum Gasteiger partial charge on any atom is -0.368 e. The van der Waals surface area contributed by atoms with E-state index in [0.29, 0.717) is 11.0 Å². The second-order valence-corrected chi connectivity index (χ2v) is 4.06. The summed E-state index contributed by atoms with van der Waals surface area (Å²) in [5.74, 6) is -0.852. The van der Waals surface area contributed by atoms with Gasteiger partial charge in [0.2, 0.25) is 11.8 Å². The van der Waals surface area contributed by atoms with E-state index in [4.69, 9.17) is 5.73 Å². The molecule has 0 unspecified atom stereocenters. The first kappa shape index (κ1) is 12.6. The maximum Gasteiger partial charge on any atom is 0.240 e. The van der Waals surface area contributed by atoms with Crippen LogP contribution in [0.1, 0.15) is 12.5 Å². The predicted molar refractivity (Wildman–Crippen MR) is 62.4 cm³/mol. The Bertz CT molecular complexity index is 409. The Morgan fingerprint density at radius 1 is 1.62 bits per heavy atom. The van der Waals surface area contributed by atoms with E-state index in [-0.39, 0.29) is 5.91 Å². The summed E-state index contributed by atoms with van der Waals surface area (Å²) < 4.78 is 0.645. The summed E-state index contributed by atoms with van der Waals surface area (Å²) in [4.78, 5) is 26.0. The number of pyridine rings is 1. The largest absolute Gasteiger partial charge is 0.368 e. The Morgan fingerprint density at radius 2 is 2.31 bits per heavy atom. The van der Waals surface area contributed by atoms with Crippen molar-refractivity contribution in [1.82, 2.24) is 10.3 Å². The zero-order valence-electron chi connectivity index (χ0n) is 8.74. The van der Waals surface area contributed by atoms with Gasteiger partial charge in [-0.1, -0.05) is 6.07 Å². The van der Waals surface area contributed by atoms with Crippen LogP contribution in [-0.2, 0) is 16.0 Å². The summed E-state index contributed by atoms with van der Waals surface area (Å²) in [6.07, 6.45) is 1.95. The van der Waals surface area contributed by atoms with Crippen molar-refractivity contribution in [2.45, 2.75) is 19.4 Å². The Kier molecular flexibility index (Phi) is 4.42. The molecule has 1 rings (SSSR count). The number of nitrogens with two attached hydrogens (primary N) is 1. The molecule has 0 radical (unpaired) electrons. The van der Waals surface area contributed by atoms with Crippen LogP contribution >= 0.6 is 15.9 Å². The fraction of sp³-hybridized carbons (Fsp3) is 0.300. The van der Waals surface area contributed by atoms with Crippen LogP contribution in [0.3, 0.4) is 0 Å². The molecule has 0 aliphatic heterocycles. The third-order valence-corrected chi connectivity index (χ3v) is 2.70. The number of rotatable bonds is 4. The number of nitrogens with zero attached hydrogens (tertiary/aromatic N) is 1. The number of nitrogens with one attached hydrogen (secondary N) is 1. The van der Waals surface area contributed by atoms with Crippen LogP contribution in [0.5, 0.6) is 0 Å². The number of hydrogen-bond acceptors (Lipinski definition) is 3. The summed E-state index contributed by atoms with van der Waals surface area (Å²) in [7, 11) is 0. The quantitative estimate of drug-likeness (QED) is 0.784. The van der Waals surface area contributed by atoms with Gasteiger partial charge in [-0.25, -0.2) is 4.98 Å². The first-order valence-electron chi connectivity index (χ1n) is 4.66. The van der Waals surface area contributed by atoms with Gasteiger partial charge in [-0.2, -0.15) is 0 Å². The van der Waals surface area contributed by atoms with Gasteiger partial charge in [0, 0.05) is 19.5 Å². The van der Waals surface area contributed by atoms with Crippen molar-refractivity contribution >= 4 is 27.7 Å². The van der Waals surface area contributed by atoms with E-state index in [1.165, 1.54) is 6.92 Å². The van der Waals surface area contributed by atoms with E-state index in [1.807, 2.05) is 6.07 Å². The highest BCUT2D eigenvalue weighted by molar-refractivity contribution is 9.10. The zero-order chi connectivity index (χ0) is 12.1. The van der Waals surface area contributed by atoms with Gasteiger partial charge in [0.25, 0.3) is 0 Å². The van der Waals surface area contributed by atoms with Crippen LogP contribution in [-0.4, -0.2) is 22.8 Å². The summed E-state index contributed by atoms with van der Waals surface area (Å²) >= 11 is 3.26. The molecule has 0 spiro atoms. The summed E-state index contributed by atoms with van der Waals surface area (Å²) in [6, 6.07) is 2.86. The molecule has 16 heavy (non-hydrogen) atoms. The maximum atomic E-state index is 11.1. The third-order valence-electron chi connectivity index (χ3n) is 1.98. The number of aromatic nitrogens is 1. The molecule has 0 saturated heterocycles. The highest BCUT2D eigenvalue weighted by Gasteiger charge is 2.18. The van der Waals surface area contributed by atoms with Gasteiger partial charge in [0.1, 0.15) is 10.6 Å². The van der Waals surface area contributed by atoms with Crippen molar-refractivity contribution in [3.8, 4) is 0 Å². The second-order valence-electron chi connectivity index (χ2n) is 3.31. The molecule has 0 bridgehead atoms. The molecule has 1 atom stereocenters. The fourth-order valence-corrected chi connectivity index (χ4v) is 1.67. The summed E-state index contributed by atoms with van der Waals surface area (Å²) in [5, 5.41) is 2.49. The van der Waals surface area contributed by atoms with Gasteiger partial charge in [-0.3, -0.25) is 9.59 Å². The number of primary amides is 1. The number of carbonyl (C=O) groups is 2. The molecule has 0 aromatic carbocycles. The molecule has 86 valence electrons. The molecule has 0 aliphatic carbocycles. The normalized spacial score (nSPS) is 11.9. The van der Waals surface area contributed by atoms with Crippen LogP contribution in [0, 0.1) is 0 Å². The maximum absolute atomic E-state index is 11.1.